The van der Waals surface area contributed by atoms with Crippen molar-refractivity contribution >= 4 is 32.7 Å². The Hall–Kier alpha value is -2.53. The van der Waals surface area contributed by atoms with E-state index in [1.54, 1.807) is 0 Å². The molecule has 0 atom stereocenters. The van der Waals surface area contributed by atoms with E-state index in [-0.39, 0.29) is 0 Å². The Bertz CT molecular complexity index is 1030. The fourth-order valence-electron chi connectivity index (χ4n) is 3.27. The maximum absolute atomic E-state index is 6.04. The first kappa shape index (κ1) is 13.9. The van der Waals surface area contributed by atoms with Gasteiger partial charge in [0.15, 0.2) is 5.76 Å². The van der Waals surface area contributed by atoms with Crippen molar-refractivity contribution in [2.24, 2.45) is 0 Å². The molecule has 4 aromatic rings. The van der Waals surface area contributed by atoms with Gasteiger partial charge in [0.2, 0.25) is 0 Å². The summed E-state index contributed by atoms with van der Waals surface area (Å²) in [6.45, 7) is 0.921. The van der Waals surface area contributed by atoms with Crippen LogP contribution >= 0.6 is 15.9 Å². The number of hydrogen-bond acceptors (Lipinski definition) is 3. The predicted octanol–water partition coefficient (Wildman–Crippen LogP) is 5.02. The molecule has 24 heavy (non-hydrogen) atoms. The van der Waals surface area contributed by atoms with E-state index in [9.17, 15) is 0 Å². The first-order chi connectivity index (χ1) is 11.8. The Morgan fingerprint density at radius 3 is 2.79 bits per heavy atom. The summed E-state index contributed by atoms with van der Waals surface area (Å²) in [4.78, 5) is 0. The second-order valence-corrected chi connectivity index (χ2v) is 6.72. The van der Waals surface area contributed by atoms with Crippen molar-refractivity contribution in [1.82, 2.24) is 9.78 Å². The lowest BCUT2D eigenvalue weighted by Crippen LogP contribution is -2.04. The maximum atomic E-state index is 6.04. The van der Waals surface area contributed by atoms with Gasteiger partial charge in [0.05, 0.1) is 5.69 Å². The van der Waals surface area contributed by atoms with E-state index in [0.717, 1.165) is 51.4 Å². The number of fused-ring (bicyclic) bond motifs is 2. The van der Waals surface area contributed by atoms with Crippen LogP contribution in [-0.4, -0.2) is 16.3 Å². The lowest BCUT2D eigenvalue weighted by molar-refractivity contribution is 0.626. The van der Waals surface area contributed by atoms with Gasteiger partial charge < -0.3 is 9.73 Å². The van der Waals surface area contributed by atoms with E-state index >= 15 is 0 Å². The van der Waals surface area contributed by atoms with Crippen molar-refractivity contribution in [2.45, 2.75) is 6.42 Å². The molecule has 0 bridgehead atoms. The zero-order valence-electron chi connectivity index (χ0n) is 12.8. The van der Waals surface area contributed by atoms with E-state index in [0.29, 0.717) is 0 Å². The van der Waals surface area contributed by atoms with Crippen LogP contribution in [0.4, 0.5) is 5.82 Å². The Balaban J connectivity index is 1.73. The number of para-hydroxylation sites is 2. The van der Waals surface area contributed by atoms with E-state index in [4.69, 9.17) is 9.52 Å². The van der Waals surface area contributed by atoms with Gasteiger partial charge in [0.1, 0.15) is 17.1 Å². The van der Waals surface area contributed by atoms with Crippen molar-refractivity contribution in [3.63, 3.8) is 0 Å². The summed E-state index contributed by atoms with van der Waals surface area (Å²) < 4.78 is 9.02. The highest BCUT2D eigenvalue weighted by atomic mass is 79.9. The van der Waals surface area contributed by atoms with Gasteiger partial charge in [-0.05, 0) is 46.6 Å². The van der Waals surface area contributed by atoms with Gasteiger partial charge in [-0.1, -0.05) is 30.3 Å². The number of rotatable bonds is 2. The molecule has 0 unspecified atom stereocenters. The molecule has 1 N–H and O–H groups in total. The second-order valence-electron chi connectivity index (χ2n) is 5.86. The largest absolute Gasteiger partial charge is 0.454 e. The van der Waals surface area contributed by atoms with Crippen molar-refractivity contribution in [1.29, 1.82) is 0 Å². The maximum Gasteiger partial charge on any atom is 0.156 e. The Morgan fingerprint density at radius 1 is 1.08 bits per heavy atom. The minimum atomic E-state index is 0.821. The number of furan rings is 1. The molecule has 0 saturated carbocycles. The van der Waals surface area contributed by atoms with E-state index in [1.165, 1.54) is 5.56 Å². The monoisotopic (exact) mass is 379 g/mol. The Kier molecular flexibility index (Phi) is 3.03. The fraction of sp³-hybridized carbons (Fsp3) is 0.105. The second kappa shape index (κ2) is 5.24. The van der Waals surface area contributed by atoms with Crippen LogP contribution in [0.1, 0.15) is 5.56 Å². The van der Waals surface area contributed by atoms with E-state index in [1.807, 2.05) is 41.1 Å². The highest BCUT2D eigenvalue weighted by Crippen LogP contribution is 2.37. The number of anilines is 1. The number of hydrogen-bond donors (Lipinski definition) is 1. The number of aromatic nitrogens is 2. The van der Waals surface area contributed by atoms with Crippen LogP contribution in [0.3, 0.4) is 0 Å². The molecule has 1 aliphatic rings. The minimum Gasteiger partial charge on any atom is -0.454 e. The van der Waals surface area contributed by atoms with Gasteiger partial charge >= 0.3 is 0 Å². The molecule has 3 heterocycles. The molecule has 0 spiro atoms. The zero-order valence-corrected chi connectivity index (χ0v) is 14.4. The average molecular weight is 380 g/mol. The zero-order chi connectivity index (χ0) is 16.1. The molecular formula is C19H14BrN3O. The standard InChI is InChI=1S/C19H14BrN3O/c20-14-6-2-3-7-15(14)23-19-13(9-10-21-19)18(22-23)17-11-12-5-1-4-8-16(12)24-17/h1-8,11,21H,9-10H2. The van der Waals surface area contributed by atoms with Crippen molar-refractivity contribution < 1.29 is 4.42 Å². The summed E-state index contributed by atoms with van der Waals surface area (Å²) in [5.74, 6) is 1.87. The van der Waals surface area contributed by atoms with Gasteiger partial charge in [-0.3, -0.25) is 0 Å². The number of halogens is 1. The van der Waals surface area contributed by atoms with E-state index < -0.39 is 0 Å². The van der Waals surface area contributed by atoms with Crippen LogP contribution in [0.2, 0.25) is 0 Å². The molecule has 1 aliphatic heterocycles. The van der Waals surface area contributed by atoms with Crippen LogP contribution in [-0.2, 0) is 6.42 Å². The predicted molar refractivity (Wildman–Crippen MR) is 98.7 cm³/mol. The number of benzene rings is 2. The smallest absolute Gasteiger partial charge is 0.156 e. The Morgan fingerprint density at radius 2 is 1.92 bits per heavy atom. The molecule has 0 aliphatic carbocycles. The topological polar surface area (TPSA) is 43.0 Å². The Labute approximate surface area is 147 Å². The van der Waals surface area contributed by atoms with E-state index in [2.05, 4.69) is 39.4 Å². The summed E-state index contributed by atoms with van der Waals surface area (Å²) in [7, 11) is 0. The van der Waals surface area contributed by atoms with Gasteiger partial charge in [0, 0.05) is 22.0 Å². The molecule has 0 radical (unpaired) electrons. The van der Waals surface area contributed by atoms with Gasteiger partial charge in [-0.2, -0.15) is 5.10 Å². The third kappa shape index (κ3) is 2.01. The summed E-state index contributed by atoms with van der Waals surface area (Å²) in [6, 6.07) is 18.2. The molecule has 0 amide bonds. The first-order valence-corrected chi connectivity index (χ1v) is 8.70. The van der Waals surface area contributed by atoms with Gasteiger partial charge in [0.25, 0.3) is 0 Å². The lowest BCUT2D eigenvalue weighted by Gasteiger charge is -2.07. The summed E-state index contributed by atoms with van der Waals surface area (Å²) in [5.41, 5.74) is 4.04. The van der Waals surface area contributed by atoms with Gasteiger partial charge in [-0.25, -0.2) is 4.68 Å². The summed E-state index contributed by atoms with van der Waals surface area (Å²) in [6.07, 6.45) is 0.951. The molecule has 2 aromatic heterocycles. The molecule has 5 heteroatoms. The lowest BCUT2D eigenvalue weighted by atomic mass is 10.1. The summed E-state index contributed by atoms with van der Waals surface area (Å²) >= 11 is 3.62. The molecule has 0 saturated heterocycles. The minimum absolute atomic E-state index is 0.821. The molecule has 0 fully saturated rings. The third-order valence-electron chi connectivity index (χ3n) is 4.39. The number of nitrogens with one attached hydrogen (secondary N) is 1. The summed E-state index contributed by atoms with van der Waals surface area (Å²) in [5, 5.41) is 9.41. The van der Waals surface area contributed by atoms with Gasteiger partial charge in [-0.15, -0.1) is 0 Å². The molecule has 4 nitrogen and oxygen atoms in total. The normalized spacial score (nSPS) is 13.2. The average Bonchev–Trinajstić information content (AvgIpc) is 3.29. The highest BCUT2D eigenvalue weighted by Gasteiger charge is 2.26. The first-order valence-electron chi connectivity index (χ1n) is 7.91. The molecule has 2 aromatic carbocycles. The molecular weight excluding hydrogens is 366 g/mol. The van der Waals surface area contributed by atoms with Crippen molar-refractivity contribution in [3.8, 4) is 17.1 Å². The number of nitrogens with zero attached hydrogens (tertiary/aromatic N) is 2. The highest BCUT2D eigenvalue weighted by molar-refractivity contribution is 9.10. The fourth-order valence-corrected chi connectivity index (χ4v) is 3.72. The molecule has 118 valence electrons. The molecule has 5 rings (SSSR count). The van der Waals surface area contributed by atoms with Crippen LogP contribution in [0.25, 0.3) is 28.1 Å². The van der Waals surface area contributed by atoms with Crippen LogP contribution < -0.4 is 5.32 Å². The van der Waals surface area contributed by atoms with Crippen LogP contribution in [0.15, 0.2) is 63.5 Å². The quantitative estimate of drug-likeness (QED) is 0.531. The van der Waals surface area contributed by atoms with Crippen LogP contribution in [0.5, 0.6) is 0 Å². The third-order valence-corrected chi connectivity index (χ3v) is 5.06. The van der Waals surface area contributed by atoms with Crippen LogP contribution in [0, 0.1) is 0 Å². The van der Waals surface area contributed by atoms with Crippen molar-refractivity contribution in [2.75, 3.05) is 11.9 Å². The van der Waals surface area contributed by atoms with Crippen molar-refractivity contribution in [3.05, 3.63) is 64.6 Å². The SMILES string of the molecule is Brc1ccccc1-n1nc(-c2cc3ccccc3o2)c2c1NCC2.